The molecule has 1 N–H and O–H groups in total. The van der Waals surface area contributed by atoms with Crippen LogP contribution in [0.25, 0.3) is 0 Å². The van der Waals surface area contributed by atoms with Crippen LogP contribution in [0.1, 0.15) is 39.5 Å². The van der Waals surface area contributed by atoms with Gasteiger partial charge in [0.25, 0.3) is 0 Å². The van der Waals surface area contributed by atoms with Gasteiger partial charge in [0.05, 0.1) is 6.04 Å². The van der Waals surface area contributed by atoms with Crippen LogP contribution < -0.4 is 5.32 Å². The SMILES string of the molecule is CCCCN(C1CC1)C(C)C(=O)N1CCNCC1. The fourth-order valence-corrected chi connectivity index (χ4v) is 2.73. The van der Waals surface area contributed by atoms with Gasteiger partial charge in [0.2, 0.25) is 5.91 Å². The first-order valence-corrected chi connectivity index (χ1v) is 7.49. The molecule has 0 bridgehead atoms. The summed E-state index contributed by atoms with van der Waals surface area (Å²) >= 11 is 0. The van der Waals surface area contributed by atoms with Crippen LogP contribution in [0, 0.1) is 0 Å². The third-order valence-electron chi connectivity index (χ3n) is 4.07. The van der Waals surface area contributed by atoms with Crippen molar-refractivity contribution in [3.63, 3.8) is 0 Å². The fraction of sp³-hybridized carbons (Fsp3) is 0.929. The average molecular weight is 253 g/mol. The molecule has 0 radical (unpaired) electrons. The van der Waals surface area contributed by atoms with Crippen LogP contribution in [0.5, 0.6) is 0 Å². The Kier molecular flexibility index (Phi) is 5.01. The van der Waals surface area contributed by atoms with E-state index in [4.69, 9.17) is 0 Å². The molecular weight excluding hydrogens is 226 g/mol. The van der Waals surface area contributed by atoms with E-state index in [0.717, 1.165) is 32.7 Å². The zero-order valence-electron chi connectivity index (χ0n) is 11.8. The van der Waals surface area contributed by atoms with Crippen molar-refractivity contribution in [3.05, 3.63) is 0 Å². The van der Waals surface area contributed by atoms with E-state index in [2.05, 4.69) is 24.1 Å². The molecule has 1 saturated carbocycles. The highest BCUT2D eigenvalue weighted by Crippen LogP contribution is 2.29. The summed E-state index contributed by atoms with van der Waals surface area (Å²) < 4.78 is 0. The lowest BCUT2D eigenvalue weighted by atomic mass is 10.2. The van der Waals surface area contributed by atoms with Gasteiger partial charge in [-0.2, -0.15) is 0 Å². The van der Waals surface area contributed by atoms with Crippen LogP contribution in [0.2, 0.25) is 0 Å². The standard InChI is InChI=1S/C14H27N3O/c1-3-4-9-17(13-5-6-13)12(2)14(18)16-10-7-15-8-11-16/h12-13,15H,3-11H2,1-2H3. The maximum Gasteiger partial charge on any atom is 0.239 e. The van der Waals surface area contributed by atoms with E-state index in [1.165, 1.54) is 25.7 Å². The maximum absolute atomic E-state index is 12.5. The van der Waals surface area contributed by atoms with Crippen LogP contribution in [0.15, 0.2) is 0 Å². The zero-order valence-corrected chi connectivity index (χ0v) is 11.8. The molecule has 1 saturated heterocycles. The van der Waals surface area contributed by atoms with E-state index in [0.29, 0.717) is 11.9 Å². The van der Waals surface area contributed by atoms with Crippen molar-refractivity contribution < 1.29 is 4.79 Å². The van der Waals surface area contributed by atoms with Gasteiger partial charge in [0.1, 0.15) is 0 Å². The van der Waals surface area contributed by atoms with Crippen LogP contribution in [0.3, 0.4) is 0 Å². The van der Waals surface area contributed by atoms with Crippen molar-refractivity contribution in [2.75, 3.05) is 32.7 Å². The second kappa shape index (κ2) is 6.53. The Bertz CT molecular complexity index is 272. The molecule has 2 rings (SSSR count). The minimum Gasteiger partial charge on any atom is -0.339 e. The van der Waals surface area contributed by atoms with Crippen molar-refractivity contribution >= 4 is 5.91 Å². The Labute approximate surface area is 111 Å². The van der Waals surface area contributed by atoms with Crippen LogP contribution >= 0.6 is 0 Å². The third kappa shape index (κ3) is 3.45. The van der Waals surface area contributed by atoms with Gasteiger partial charge in [-0.25, -0.2) is 0 Å². The van der Waals surface area contributed by atoms with Gasteiger partial charge < -0.3 is 10.2 Å². The number of unbranched alkanes of at least 4 members (excludes halogenated alkanes) is 1. The number of piperazine rings is 1. The molecule has 1 aliphatic heterocycles. The summed E-state index contributed by atoms with van der Waals surface area (Å²) in [7, 11) is 0. The van der Waals surface area contributed by atoms with Gasteiger partial charge >= 0.3 is 0 Å². The smallest absolute Gasteiger partial charge is 0.239 e. The van der Waals surface area contributed by atoms with E-state index in [1.54, 1.807) is 0 Å². The summed E-state index contributed by atoms with van der Waals surface area (Å²) in [6, 6.07) is 0.751. The van der Waals surface area contributed by atoms with Crippen molar-refractivity contribution in [1.29, 1.82) is 0 Å². The Morgan fingerprint density at radius 3 is 2.61 bits per heavy atom. The van der Waals surface area contributed by atoms with Gasteiger partial charge in [0.15, 0.2) is 0 Å². The summed E-state index contributed by atoms with van der Waals surface area (Å²) in [5.41, 5.74) is 0. The number of hydrogen-bond donors (Lipinski definition) is 1. The highest BCUT2D eigenvalue weighted by Gasteiger charge is 2.36. The minimum atomic E-state index is 0.0714. The Morgan fingerprint density at radius 1 is 1.39 bits per heavy atom. The second-order valence-electron chi connectivity index (χ2n) is 5.57. The summed E-state index contributed by atoms with van der Waals surface area (Å²) in [4.78, 5) is 17.0. The number of nitrogens with one attached hydrogen (secondary N) is 1. The summed E-state index contributed by atoms with van der Waals surface area (Å²) in [6.45, 7) is 9.02. The van der Waals surface area contributed by atoms with E-state index >= 15 is 0 Å². The van der Waals surface area contributed by atoms with Crippen molar-refractivity contribution in [2.45, 2.75) is 51.6 Å². The molecule has 1 atom stereocenters. The average Bonchev–Trinajstić information content (AvgIpc) is 3.24. The highest BCUT2D eigenvalue weighted by atomic mass is 16.2. The zero-order chi connectivity index (χ0) is 13.0. The van der Waals surface area contributed by atoms with Gasteiger partial charge in [-0.1, -0.05) is 13.3 Å². The number of rotatable bonds is 6. The summed E-state index contributed by atoms with van der Waals surface area (Å²) in [5.74, 6) is 0.333. The number of carbonyl (C=O) groups excluding carboxylic acids is 1. The Hall–Kier alpha value is -0.610. The van der Waals surface area contributed by atoms with Crippen molar-refractivity contribution in [3.8, 4) is 0 Å². The Morgan fingerprint density at radius 2 is 2.06 bits per heavy atom. The quantitative estimate of drug-likeness (QED) is 0.769. The molecule has 2 fully saturated rings. The molecule has 0 aromatic rings. The summed E-state index contributed by atoms with van der Waals surface area (Å²) in [5, 5.41) is 3.30. The first-order chi connectivity index (χ1) is 8.74. The van der Waals surface area contributed by atoms with E-state index in [1.807, 2.05) is 4.90 Å². The normalized spacial score (nSPS) is 22.3. The molecule has 4 heteroatoms. The molecule has 1 heterocycles. The highest BCUT2D eigenvalue weighted by molar-refractivity contribution is 5.81. The molecule has 18 heavy (non-hydrogen) atoms. The lowest BCUT2D eigenvalue weighted by Gasteiger charge is -2.34. The largest absolute Gasteiger partial charge is 0.339 e. The van der Waals surface area contributed by atoms with Crippen molar-refractivity contribution in [2.24, 2.45) is 0 Å². The second-order valence-corrected chi connectivity index (χ2v) is 5.57. The van der Waals surface area contributed by atoms with Crippen LogP contribution in [0.4, 0.5) is 0 Å². The molecule has 4 nitrogen and oxygen atoms in total. The molecule has 2 aliphatic rings. The van der Waals surface area contributed by atoms with Gasteiger partial charge in [-0.3, -0.25) is 9.69 Å². The number of carbonyl (C=O) groups is 1. The molecule has 0 aromatic heterocycles. The van der Waals surface area contributed by atoms with Crippen LogP contribution in [-0.2, 0) is 4.79 Å². The molecule has 1 unspecified atom stereocenters. The molecule has 0 spiro atoms. The van der Waals surface area contributed by atoms with E-state index < -0.39 is 0 Å². The minimum absolute atomic E-state index is 0.0714. The predicted octanol–water partition coefficient (Wildman–Crippen LogP) is 1.07. The fourth-order valence-electron chi connectivity index (χ4n) is 2.73. The summed E-state index contributed by atoms with van der Waals surface area (Å²) in [6.07, 6.45) is 4.97. The molecular formula is C14H27N3O. The van der Waals surface area contributed by atoms with Crippen molar-refractivity contribution in [1.82, 2.24) is 15.1 Å². The predicted molar refractivity (Wildman–Crippen MR) is 73.5 cm³/mol. The van der Waals surface area contributed by atoms with Crippen LogP contribution in [-0.4, -0.2) is 60.5 Å². The molecule has 104 valence electrons. The van der Waals surface area contributed by atoms with Gasteiger partial charge in [-0.05, 0) is 32.7 Å². The maximum atomic E-state index is 12.5. The number of hydrogen-bond acceptors (Lipinski definition) is 3. The number of nitrogens with zero attached hydrogens (tertiary/aromatic N) is 2. The lowest BCUT2D eigenvalue weighted by Crippen LogP contribution is -2.53. The first kappa shape index (κ1) is 13.8. The van der Waals surface area contributed by atoms with E-state index in [9.17, 15) is 4.79 Å². The molecule has 1 aliphatic carbocycles. The van der Waals surface area contributed by atoms with Gasteiger partial charge in [0, 0.05) is 32.2 Å². The third-order valence-corrected chi connectivity index (χ3v) is 4.07. The molecule has 1 amide bonds. The molecule has 0 aromatic carbocycles. The first-order valence-electron chi connectivity index (χ1n) is 7.49. The Balaban J connectivity index is 1.89. The van der Waals surface area contributed by atoms with E-state index in [-0.39, 0.29) is 6.04 Å². The number of amides is 1. The monoisotopic (exact) mass is 253 g/mol. The lowest BCUT2D eigenvalue weighted by molar-refractivity contribution is -0.137. The topological polar surface area (TPSA) is 35.6 Å². The van der Waals surface area contributed by atoms with Gasteiger partial charge in [-0.15, -0.1) is 0 Å².